The molecule has 1 atom stereocenters. The normalized spacial score (nSPS) is 17.3. The van der Waals surface area contributed by atoms with E-state index in [1.807, 2.05) is 6.07 Å². The van der Waals surface area contributed by atoms with Gasteiger partial charge in [-0.3, -0.25) is 9.69 Å². The van der Waals surface area contributed by atoms with Crippen LogP contribution in [0.5, 0.6) is 0 Å². The van der Waals surface area contributed by atoms with Crippen LogP contribution in [0.25, 0.3) is 0 Å². The number of amides is 2. The summed E-state index contributed by atoms with van der Waals surface area (Å²) in [6.07, 6.45) is 0.823. The Labute approximate surface area is 123 Å². The fourth-order valence-corrected chi connectivity index (χ4v) is 2.50. The number of carbonyl (C=O) groups excluding carboxylic acids is 1. The van der Waals surface area contributed by atoms with Crippen LogP contribution in [0.3, 0.4) is 0 Å². The van der Waals surface area contributed by atoms with Gasteiger partial charge in [0.05, 0.1) is 11.6 Å². The second-order valence-electron chi connectivity index (χ2n) is 5.20. The lowest BCUT2D eigenvalue weighted by atomic mass is 10.1. The molecule has 1 saturated heterocycles. The Morgan fingerprint density at radius 1 is 1.43 bits per heavy atom. The molecule has 0 aliphatic carbocycles. The van der Waals surface area contributed by atoms with Crippen LogP contribution in [0.4, 0.5) is 10.5 Å². The molecule has 21 heavy (non-hydrogen) atoms. The zero-order chi connectivity index (χ0) is 15.4. The van der Waals surface area contributed by atoms with Crippen LogP contribution < -0.4 is 4.90 Å². The molecule has 1 heterocycles. The van der Waals surface area contributed by atoms with Crippen LogP contribution in [0, 0.1) is 17.2 Å². The summed E-state index contributed by atoms with van der Waals surface area (Å²) in [4.78, 5) is 26.3. The standard InChI is InChI=1S/C15H17N3O3/c1-17(13-4-2-11(9-16)3-5-13)15(21)18-7-6-12(10-18)8-14(19)20/h2-5,12H,6-8,10H2,1H3,(H,19,20). The molecule has 0 radical (unpaired) electrons. The average molecular weight is 287 g/mol. The van der Waals surface area contributed by atoms with E-state index in [1.165, 1.54) is 4.90 Å². The number of anilines is 1. The Hall–Kier alpha value is -2.55. The fourth-order valence-electron chi connectivity index (χ4n) is 2.50. The van der Waals surface area contributed by atoms with Crippen LogP contribution in [0.15, 0.2) is 24.3 Å². The molecule has 2 rings (SSSR count). The van der Waals surface area contributed by atoms with Crippen LogP contribution in [0.1, 0.15) is 18.4 Å². The van der Waals surface area contributed by atoms with Crippen LogP contribution >= 0.6 is 0 Å². The van der Waals surface area contributed by atoms with Crippen LogP contribution in [-0.4, -0.2) is 42.1 Å². The van der Waals surface area contributed by atoms with Gasteiger partial charge < -0.3 is 10.0 Å². The third kappa shape index (κ3) is 3.51. The van der Waals surface area contributed by atoms with Crippen LogP contribution in [0.2, 0.25) is 0 Å². The molecule has 0 saturated carbocycles. The highest BCUT2D eigenvalue weighted by Crippen LogP contribution is 2.22. The molecule has 6 nitrogen and oxygen atoms in total. The third-order valence-corrected chi connectivity index (χ3v) is 3.69. The van der Waals surface area contributed by atoms with Crippen molar-refractivity contribution in [3.05, 3.63) is 29.8 Å². The maximum Gasteiger partial charge on any atom is 0.324 e. The van der Waals surface area contributed by atoms with Gasteiger partial charge in [0.1, 0.15) is 0 Å². The molecule has 0 aromatic heterocycles. The lowest BCUT2D eigenvalue weighted by Crippen LogP contribution is -2.40. The van der Waals surface area contributed by atoms with Crippen molar-refractivity contribution in [2.75, 3.05) is 25.0 Å². The van der Waals surface area contributed by atoms with Gasteiger partial charge in [0, 0.05) is 32.2 Å². The molecule has 1 aliphatic rings. The van der Waals surface area contributed by atoms with E-state index in [9.17, 15) is 9.59 Å². The lowest BCUT2D eigenvalue weighted by Gasteiger charge is -2.24. The van der Waals surface area contributed by atoms with Crippen molar-refractivity contribution in [1.82, 2.24) is 4.90 Å². The van der Waals surface area contributed by atoms with E-state index in [4.69, 9.17) is 10.4 Å². The smallest absolute Gasteiger partial charge is 0.324 e. The van der Waals surface area contributed by atoms with E-state index in [-0.39, 0.29) is 18.4 Å². The third-order valence-electron chi connectivity index (χ3n) is 3.69. The van der Waals surface area contributed by atoms with Crippen molar-refractivity contribution in [1.29, 1.82) is 5.26 Å². The largest absolute Gasteiger partial charge is 0.481 e. The molecule has 0 bridgehead atoms. The summed E-state index contributed by atoms with van der Waals surface area (Å²) in [6, 6.07) is 8.66. The van der Waals surface area contributed by atoms with E-state index in [2.05, 4.69) is 0 Å². The van der Waals surface area contributed by atoms with Gasteiger partial charge in [-0.2, -0.15) is 5.26 Å². The summed E-state index contributed by atoms with van der Waals surface area (Å²) in [6.45, 7) is 1.06. The Morgan fingerprint density at radius 3 is 2.67 bits per heavy atom. The molecule has 1 aromatic rings. The van der Waals surface area contributed by atoms with Crippen molar-refractivity contribution in [2.45, 2.75) is 12.8 Å². The first-order valence-corrected chi connectivity index (χ1v) is 6.76. The zero-order valence-electron chi connectivity index (χ0n) is 11.8. The highest BCUT2D eigenvalue weighted by molar-refractivity contribution is 5.91. The SMILES string of the molecule is CN(C(=O)N1CCC(CC(=O)O)C1)c1ccc(C#N)cc1. The van der Waals surface area contributed by atoms with Gasteiger partial charge >= 0.3 is 12.0 Å². The van der Waals surface area contributed by atoms with Gasteiger partial charge in [-0.25, -0.2) is 4.79 Å². The molecular formula is C15H17N3O3. The predicted molar refractivity (Wildman–Crippen MR) is 76.9 cm³/mol. The number of aliphatic carboxylic acids is 1. The minimum Gasteiger partial charge on any atom is -0.481 e. The van der Waals surface area contributed by atoms with Gasteiger partial charge in [-0.15, -0.1) is 0 Å². The summed E-state index contributed by atoms with van der Waals surface area (Å²) in [5, 5.41) is 17.6. The van der Waals surface area contributed by atoms with Gasteiger partial charge in [0.2, 0.25) is 0 Å². The first-order chi connectivity index (χ1) is 10.0. The van der Waals surface area contributed by atoms with E-state index >= 15 is 0 Å². The van der Waals surface area contributed by atoms with E-state index < -0.39 is 5.97 Å². The van der Waals surface area contributed by atoms with E-state index in [0.717, 1.165) is 6.42 Å². The van der Waals surface area contributed by atoms with E-state index in [1.54, 1.807) is 36.2 Å². The average Bonchev–Trinajstić information content (AvgIpc) is 2.93. The minimum absolute atomic E-state index is 0.0285. The highest BCUT2D eigenvalue weighted by atomic mass is 16.4. The number of rotatable bonds is 3. The highest BCUT2D eigenvalue weighted by Gasteiger charge is 2.29. The summed E-state index contributed by atoms with van der Waals surface area (Å²) in [5.41, 5.74) is 1.25. The van der Waals surface area contributed by atoms with E-state index in [0.29, 0.717) is 24.3 Å². The molecule has 1 N–H and O–H groups in total. The van der Waals surface area contributed by atoms with Gasteiger partial charge in [-0.05, 0) is 36.6 Å². The maximum atomic E-state index is 12.4. The van der Waals surface area contributed by atoms with Crippen molar-refractivity contribution in [3.8, 4) is 6.07 Å². The van der Waals surface area contributed by atoms with Crippen molar-refractivity contribution in [2.24, 2.45) is 5.92 Å². The summed E-state index contributed by atoms with van der Waals surface area (Å²) < 4.78 is 0. The van der Waals surface area contributed by atoms with Gasteiger partial charge in [-0.1, -0.05) is 0 Å². The molecule has 0 spiro atoms. The first kappa shape index (κ1) is 14.9. The molecule has 6 heteroatoms. The topological polar surface area (TPSA) is 84.6 Å². The maximum absolute atomic E-state index is 12.4. The molecular weight excluding hydrogens is 270 g/mol. The van der Waals surface area contributed by atoms with Crippen LogP contribution in [-0.2, 0) is 4.79 Å². The number of hydrogen-bond acceptors (Lipinski definition) is 3. The number of benzene rings is 1. The molecule has 1 unspecified atom stereocenters. The van der Waals surface area contributed by atoms with Gasteiger partial charge in [0.25, 0.3) is 0 Å². The predicted octanol–water partition coefficient (Wildman–Crippen LogP) is 1.91. The van der Waals surface area contributed by atoms with Crippen molar-refractivity contribution in [3.63, 3.8) is 0 Å². The quantitative estimate of drug-likeness (QED) is 0.920. The molecule has 1 aromatic carbocycles. The fraction of sp³-hybridized carbons (Fsp3) is 0.400. The second-order valence-corrected chi connectivity index (χ2v) is 5.20. The zero-order valence-corrected chi connectivity index (χ0v) is 11.8. The number of nitriles is 1. The number of likely N-dealkylation sites (tertiary alicyclic amines) is 1. The number of carboxylic acid groups (broad SMARTS) is 1. The lowest BCUT2D eigenvalue weighted by molar-refractivity contribution is -0.138. The van der Waals surface area contributed by atoms with Gasteiger partial charge in [0.15, 0.2) is 0 Å². The molecule has 1 aliphatic heterocycles. The monoisotopic (exact) mass is 287 g/mol. The van der Waals surface area contributed by atoms with Crippen molar-refractivity contribution < 1.29 is 14.7 Å². The number of nitrogens with zero attached hydrogens (tertiary/aromatic N) is 3. The minimum atomic E-state index is -0.824. The summed E-state index contributed by atoms with van der Waals surface area (Å²) >= 11 is 0. The van der Waals surface area contributed by atoms with Crippen molar-refractivity contribution >= 4 is 17.7 Å². The second kappa shape index (κ2) is 6.27. The molecule has 2 amide bonds. The number of hydrogen-bond donors (Lipinski definition) is 1. The number of carboxylic acids is 1. The summed E-state index contributed by atoms with van der Waals surface area (Å²) in [5.74, 6) is -0.796. The Balaban J connectivity index is 1.99. The Morgan fingerprint density at radius 2 is 2.10 bits per heavy atom. The molecule has 1 fully saturated rings. The molecule has 110 valence electrons. The first-order valence-electron chi connectivity index (χ1n) is 6.76. The Kier molecular flexibility index (Phi) is 4.43. The summed E-state index contributed by atoms with van der Waals surface area (Å²) in [7, 11) is 1.67. The number of carbonyl (C=O) groups is 2. The number of urea groups is 1. The Bertz CT molecular complexity index is 577.